The molecule has 0 aliphatic rings. The van der Waals surface area contributed by atoms with Crippen LogP contribution in [0.25, 0.3) is 151 Å². The van der Waals surface area contributed by atoms with Gasteiger partial charge >= 0.3 is 0 Å². The molecule has 16 aromatic carbocycles. The third-order valence-electron chi connectivity index (χ3n) is 14.9. The fourth-order valence-corrected chi connectivity index (χ4v) is 12.3. The molecule has 0 amide bonds. The van der Waals surface area contributed by atoms with Crippen molar-refractivity contribution in [1.82, 2.24) is 0 Å². The van der Waals surface area contributed by atoms with Gasteiger partial charge in [-0.2, -0.15) is 0 Å². The molecule has 0 saturated carbocycles. The summed E-state index contributed by atoms with van der Waals surface area (Å²) >= 11 is 0. The Kier molecular flexibility index (Phi) is 5.52. The number of hydrogen-bond donors (Lipinski definition) is 0. The molecule has 0 bridgehead atoms. The Morgan fingerprint density at radius 2 is 0.500 bits per heavy atom. The molecule has 0 radical (unpaired) electrons. The van der Waals surface area contributed by atoms with Crippen molar-refractivity contribution in [2.45, 2.75) is 0 Å². The van der Waals surface area contributed by atoms with E-state index >= 15 is 4.79 Å². The summed E-state index contributed by atoms with van der Waals surface area (Å²) in [5.74, 6) is 0.0503. The second-order valence-electron chi connectivity index (χ2n) is 17.8. The van der Waals surface area contributed by atoms with E-state index in [1.807, 2.05) is 12.1 Å². The fraction of sp³-hybridized carbons (Fsp3) is 0. The van der Waals surface area contributed by atoms with E-state index in [1.165, 1.54) is 118 Å². The predicted octanol–water partition coefficient (Wildman–Crippen LogP) is 16.8. The average Bonchev–Trinajstić information content (AvgIpc) is 3.32. The molecule has 0 aromatic heterocycles. The molecule has 0 atom stereocenters. The van der Waals surface area contributed by atoms with E-state index in [1.54, 1.807) is 0 Å². The summed E-state index contributed by atoms with van der Waals surface area (Å²) in [4.78, 5) is 15.3. The van der Waals surface area contributed by atoms with Crippen molar-refractivity contribution in [3.63, 3.8) is 0 Å². The van der Waals surface area contributed by atoms with Crippen molar-refractivity contribution in [3.05, 3.63) is 193 Å². The zero-order valence-electron chi connectivity index (χ0n) is 33.2. The molecule has 1 nitrogen and oxygen atoms in total. The van der Waals surface area contributed by atoms with Crippen LogP contribution in [0.15, 0.2) is 182 Å². The van der Waals surface area contributed by atoms with Crippen molar-refractivity contribution in [2.75, 3.05) is 0 Å². The first-order valence-corrected chi connectivity index (χ1v) is 21.6. The summed E-state index contributed by atoms with van der Waals surface area (Å²) in [5.41, 5.74) is 1.47. The highest BCUT2D eigenvalue weighted by atomic mass is 16.1. The monoisotopic (exact) mass is 778 g/mol. The molecular formula is C61H30O. The van der Waals surface area contributed by atoms with Crippen LogP contribution >= 0.6 is 0 Å². The van der Waals surface area contributed by atoms with Crippen LogP contribution in [0.4, 0.5) is 0 Å². The summed E-state index contributed by atoms with van der Waals surface area (Å²) in [6.07, 6.45) is 0. The van der Waals surface area contributed by atoms with Gasteiger partial charge in [-0.25, -0.2) is 0 Å². The van der Waals surface area contributed by atoms with Gasteiger partial charge in [-0.1, -0.05) is 133 Å². The van der Waals surface area contributed by atoms with E-state index in [0.29, 0.717) is 0 Å². The van der Waals surface area contributed by atoms with E-state index in [9.17, 15) is 0 Å². The first kappa shape index (κ1) is 31.7. The van der Waals surface area contributed by atoms with E-state index < -0.39 is 0 Å². The van der Waals surface area contributed by atoms with Crippen LogP contribution < -0.4 is 0 Å². The summed E-state index contributed by atoms with van der Waals surface area (Å²) in [6, 6.07) is 67.2. The Balaban J connectivity index is 0.942. The maximum Gasteiger partial charge on any atom is 0.194 e. The largest absolute Gasteiger partial charge is 0.289 e. The van der Waals surface area contributed by atoms with Crippen molar-refractivity contribution >= 4 is 157 Å². The van der Waals surface area contributed by atoms with Crippen LogP contribution in [-0.4, -0.2) is 5.78 Å². The Labute approximate surface area is 352 Å². The highest BCUT2D eigenvalue weighted by Gasteiger charge is 2.24. The molecule has 0 aliphatic heterocycles. The Bertz CT molecular complexity index is 4390. The van der Waals surface area contributed by atoms with E-state index in [2.05, 4.69) is 170 Å². The number of carbonyl (C=O) groups excluding carboxylic acids is 1. The van der Waals surface area contributed by atoms with Crippen LogP contribution in [0.5, 0.6) is 0 Å². The van der Waals surface area contributed by atoms with Gasteiger partial charge in [0.15, 0.2) is 5.78 Å². The van der Waals surface area contributed by atoms with Crippen LogP contribution in [-0.2, 0) is 0 Å². The summed E-state index contributed by atoms with van der Waals surface area (Å²) in [7, 11) is 0. The number of hydrogen-bond acceptors (Lipinski definition) is 1. The number of benzene rings is 16. The van der Waals surface area contributed by atoms with Crippen LogP contribution in [0.1, 0.15) is 15.9 Å². The van der Waals surface area contributed by atoms with Crippen LogP contribution in [0.2, 0.25) is 0 Å². The fourth-order valence-electron chi connectivity index (χ4n) is 12.3. The molecule has 280 valence electrons. The van der Waals surface area contributed by atoms with Gasteiger partial charge in [-0.05, 0) is 199 Å². The Morgan fingerprint density at radius 1 is 0.210 bits per heavy atom. The third kappa shape index (κ3) is 3.72. The van der Waals surface area contributed by atoms with Gasteiger partial charge in [0, 0.05) is 11.1 Å². The molecule has 0 saturated heterocycles. The van der Waals surface area contributed by atoms with Crippen LogP contribution in [0, 0.1) is 0 Å². The molecule has 0 aliphatic carbocycles. The molecule has 0 N–H and O–H groups in total. The van der Waals surface area contributed by atoms with Crippen LogP contribution in [0.3, 0.4) is 0 Å². The van der Waals surface area contributed by atoms with Gasteiger partial charge in [0.1, 0.15) is 0 Å². The SMILES string of the molecule is O=C(c1cccc2c1cc1ccc3cc4c5ccccc5cc5ccc6cc2c1c3c6c54)c1cccc2c1cc1ccc3cc4c5ccccc5cc5ccc6cc2c1c3c6c54. The number of rotatable bonds is 2. The molecule has 16 aromatic rings. The van der Waals surface area contributed by atoms with Gasteiger partial charge in [0.2, 0.25) is 0 Å². The normalized spacial score (nSPS) is 12.9. The highest BCUT2D eigenvalue weighted by Crippen LogP contribution is 2.49. The topological polar surface area (TPSA) is 17.1 Å². The first-order chi connectivity index (χ1) is 30.6. The van der Waals surface area contributed by atoms with Crippen molar-refractivity contribution in [3.8, 4) is 0 Å². The number of carbonyl (C=O) groups is 1. The third-order valence-corrected chi connectivity index (χ3v) is 14.9. The molecule has 0 spiro atoms. The maximum atomic E-state index is 15.3. The van der Waals surface area contributed by atoms with Gasteiger partial charge in [0.05, 0.1) is 0 Å². The highest BCUT2D eigenvalue weighted by molar-refractivity contribution is 6.43. The summed E-state index contributed by atoms with van der Waals surface area (Å²) in [5, 5.41) is 34.7. The minimum Gasteiger partial charge on any atom is -0.289 e. The van der Waals surface area contributed by atoms with Crippen molar-refractivity contribution in [2.24, 2.45) is 0 Å². The second kappa shape index (κ2) is 10.8. The Hall–Kier alpha value is -8.13. The lowest BCUT2D eigenvalue weighted by Gasteiger charge is -2.20. The van der Waals surface area contributed by atoms with Gasteiger partial charge in [0.25, 0.3) is 0 Å². The molecule has 16 rings (SSSR count). The van der Waals surface area contributed by atoms with Crippen molar-refractivity contribution in [1.29, 1.82) is 0 Å². The lowest BCUT2D eigenvalue weighted by atomic mass is 9.82. The average molecular weight is 779 g/mol. The lowest BCUT2D eigenvalue weighted by molar-refractivity contribution is 0.104. The molecular weight excluding hydrogens is 749 g/mol. The second-order valence-corrected chi connectivity index (χ2v) is 17.8. The molecule has 0 fully saturated rings. The Morgan fingerprint density at radius 3 is 0.887 bits per heavy atom. The zero-order valence-corrected chi connectivity index (χ0v) is 33.2. The zero-order chi connectivity index (χ0) is 40.1. The predicted molar refractivity (Wildman–Crippen MR) is 266 cm³/mol. The van der Waals surface area contributed by atoms with Crippen molar-refractivity contribution < 1.29 is 4.79 Å². The minimum absolute atomic E-state index is 0.0503. The van der Waals surface area contributed by atoms with E-state index in [4.69, 9.17) is 0 Å². The lowest BCUT2D eigenvalue weighted by Crippen LogP contribution is -2.04. The standard InChI is InChI=1S/C61H30O/c62-61(45-13-5-11-43-47(45)25-35-17-21-37-27-49-41-9-3-1-7-31(41)23-33-15-19-39-29-51(43)55(35)59(37)57(39)53(33)49)46-14-6-12-44-48(46)26-36-18-22-38-28-50-42-10-4-2-8-32(42)24-34-16-20-40-30-52(44)56(36)60(38)58(40)54(34)50/h1-30H. The van der Waals surface area contributed by atoms with Gasteiger partial charge in [-0.3, -0.25) is 4.79 Å². The van der Waals surface area contributed by atoms with E-state index in [-0.39, 0.29) is 5.78 Å². The molecule has 0 unspecified atom stereocenters. The summed E-state index contributed by atoms with van der Waals surface area (Å²) in [6.45, 7) is 0. The van der Waals surface area contributed by atoms with Gasteiger partial charge < -0.3 is 0 Å². The maximum absolute atomic E-state index is 15.3. The molecule has 62 heavy (non-hydrogen) atoms. The minimum atomic E-state index is 0.0503. The quantitative estimate of drug-likeness (QED) is 0.0970. The number of ketones is 1. The molecule has 1 heteroatoms. The summed E-state index contributed by atoms with van der Waals surface area (Å²) < 4.78 is 0. The first-order valence-electron chi connectivity index (χ1n) is 21.6. The smallest absolute Gasteiger partial charge is 0.194 e. The number of fused-ring (bicyclic) bond motifs is 8. The van der Waals surface area contributed by atoms with Gasteiger partial charge in [-0.15, -0.1) is 0 Å². The van der Waals surface area contributed by atoms with E-state index in [0.717, 1.165) is 43.4 Å². The molecule has 0 heterocycles.